The molecule has 0 radical (unpaired) electrons. The summed E-state index contributed by atoms with van der Waals surface area (Å²) in [5.41, 5.74) is 9.65. The van der Waals surface area contributed by atoms with Gasteiger partial charge in [0, 0.05) is 41.7 Å². The van der Waals surface area contributed by atoms with Gasteiger partial charge in [0.25, 0.3) is 0 Å². The van der Waals surface area contributed by atoms with Crippen LogP contribution in [0, 0.1) is 23.7 Å². The number of rotatable bonds is 17. The monoisotopic (exact) mass is 1060 g/mol. The highest BCUT2D eigenvalue weighted by atomic mass is 19.1. The summed E-state index contributed by atoms with van der Waals surface area (Å²) >= 11 is 0. The zero-order valence-electron chi connectivity index (χ0n) is 46.3. The van der Waals surface area contributed by atoms with Crippen molar-refractivity contribution in [3.63, 3.8) is 0 Å². The number of nitrogens with zero attached hydrogens (tertiary/aromatic N) is 2. The molecule has 410 valence electrons. The largest absolute Gasteiger partial charge is 0.486 e. The van der Waals surface area contributed by atoms with Crippen LogP contribution in [0.1, 0.15) is 116 Å². The van der Waals surface area contributed by atoms with Gasteiger partial charge in [-0.15, -0.1) is 0 Å². The van der Waals surface area contributed by atoms with E-state index in [1.54, 1.807) is 6.08 Å². The summed E-state index contributed by atoms with van der Waals surface area (Å²) in [6.07, 6.45) is 66.3. The van der Waals surface area contributed by atoms with Crippen molar-refractivity contribution in [1.82, 2.24) is 9.80 Å². The third-order valence-electron chi connectivity index (χ3n) is 18.2. The van der Waals surface area contributed by atoms with Gasteiger partial charge in [-0.1, -0.05) is 152 Å². The van der Waals surface area contributed by atoms with Gasteiger partial charge in [0.15, 0.2) is 0 Å². The minimum Gasteiger partial charge on any atom is -0.486 e. The van der Waals surface area contributed by atoms with Crippen molar-refractivity contribution in [3.05, 3.63) is 240 Å². The second-order valence-corrected chi connectivity index (χ2v) is 23.4. The highest BCUT2D eigenvalue weighted by molar-refractivity contribution is 5.46. The molecule has 12 atom stereocenters. The lowest BCUT2D eigenvalue weighted by atomic mass is 9.67. The van der Waals surface area contributed by atoms with Crippen molar-refractivity contribution in [2.24, 2.45) is 23.7 Å². The van der Waals surface area contributed by atoms with E-state index >= 15 is 4.39 Å². The van der Waals surface area contributed by atoms with E-state index in [1.807, 2.05) is 30.3 Å². The van der Waals surface area contributed by atoms with E-state index in [0.717, 1.165) is 114 Å². The number of fused-ring (bicyclic) bond motifs is 2. The second kappa shape index (κ2) is 25.4. The van der Waals surface area contributed by atoms with Crippen molar-refractivity contribution in [3.8, 4) is 11.5 Å². The van der Waals surface area contributed by atoms with Crippen LogP contribution in [-0.2, 0) is 9.47 Å². The lowest BCUT2D eigenvalue weighted by Crippen LogP contribution is -2.44. The molecule has 12 rings (SSSR count). The SMILES string of the molecule is CCC1=CC=C2C(N(C3=CC(Oc4ccccc4)CCC3)C3CC=CC(OC4C=CC=CC4)C3)=CCC(/C=C\C3CCC(N(C4=CC(OC5C=CC=CC5)CCC4)C4=CC=CC(Oc5ccccc5)C4)C4=CC=C(F)CC43)C2C1. The standard InChI is InChI=1S/C72H81FN2O4/c1-2-51-35-41-67-69(45-51)52(38-43-71(67)74(55-19-15-31-63(47-55)76-59-23-7-3-8-24-59)56-20-16-32-64(48-56)77-60-25-9-4-10-26-60)36-37-53-39-44-72(68-42-40-54(73)46-70(53)68)75(57-21-17-33-65(49-57)78-61-27-11-5-12-28-61)58-22-18-34-66(50-58)79-62-29-13-6-14-30-62/h3-15,17,21,23,25-29,31,33,35-37,40-43,48,50,52-53,55,59,62-66,69-70,72H,2,16,18-20,22,24,30,32,34,38-39,44-47,49H2,1H3/b37-36-. The molecule has 7 heteroatoms. The zero-order valence-corrected chi connectivity index (χ0v) is 46.3. The summed E-state index contributed by atoms with van der Waals surface area (Å²) in [6, 6.07) is 20.9. The highest BCUT2D eigenvalue weighted by Crippen LogP contribution is 2.50. The summed E-state index contributed by atoms with van der Waals surface area (Å²) in [6.45, 7) is 2.31. The van der Waals surface area contributed by atoms with Gasteiger partial charge in [0.05, 0.1) is 30.5 Å². The summed E-state index contributed by atoms with van der Waals surface area (Å²) in [5.74, 6) is 2.78. The first-order chi connectivity index (χ1) is 39.0. The number of ether oxygens (including phenoxy) is 4. The van der Waals surface area contributed by atoms with Crippen LogP contribution in [0.2, 0.25) is 0 Å². The number of hydrogen-bond donors (Lipinski definition) is 0. The smallest absolute Gasteiger partial charge is 0.123 e. The van der Waals surface area contributed by atoms with Gasteiger partial charge in [-0.3, -0.25) is 0 Å². The molecule has 1 fully saturated rings. The lowest BCUT2D eigenvalue weighted by Gasteiger charge is -2.48. The van der Waals surface area contributed by atoms with Crippen LogP contribution in [0.25, 0.3) is 0 Å². The maximum atomic E-state index is 15.9. The van der Waals surface area contributed by atoms with Gasteiger partial charge in [-0.05, 0) is 186 Å². The molecule has 79 heavy (non-hydrogen) atoms. The van der Waals surface area contributed by atoms with Gasteiger partial charge >= 0.3 is 0 Å². The van der Waals surface area contributed by atoms with Crippen LogP contribution in [0.3, 0.4) is 0 Å². The molecule has 0 heterocycles. The van der Waals surface area contributed by atoms with Crippen LogP contribution < -0.4 is 9.47 Å². The predicted molar refractivity (Wildman–Crippen MR) is 318 cm³/mol. The Bertz CT molecular complexity index is 2960. The molecule has 0 aliphatic heterocycles. The Balaban J connectivity index is 0.830. The van der Waals surface area contributed by atoms with Crippen molar-refractivity contribution in [1.29, 1.82) is 0 Å². The second-order valence-electron chi connectivity index (χ2n) is 23.4. The first-order valence-electron chi connectivity index (χ1n) is 30.3. The van der Waals surface area contributed by atoms with Gasteiger partial charge in [-0.25, -0.2) is 4.39 Å². The molecular weight excluding hydrogens is 976 g/mol. The fourth-order valence-corrected chi connectivity index (χ4v) is 14.3. The van der Waals surface area contributed by atoms with Gasteiger partial charge in [-0.2, -0.15) is 0 Å². The number of allylic oxidation sites excluding steroid dienone is 18. The third-order valence-corrected chi connectivity index (χ3v) is 18.2. The number of para-hydroxylation sites is 2. The molecule has 10 aliphatic carbocycles. The Morgan fingerprint density at radius 1 is 0.544 bits per heavy atom. The molecule has 0 N–H and O–H groups in total. The van der Waals surface area contributed by atoms with Gasteiger partial charge in [0.2, 0.25) is 0 Å². The van der Waals surface area contributed by atoms with E-state index in [1.165, 1.54) is 39.5 Å². The van der Waals surface area contributed by atoms with Crippen LogP contribution in [0.15, 0.2) is 240 Å². The lowest BCUT2D eigenvalue weighted by molar-refractivity contribution is 0.0213. The fraction of sp³-hybridized carbons (Fsp3) is 0.417. The van der Waals surface area contributed by atoms with E-state index in [4.69, 9.17) is 18.9 Å². The van der Waals surface area contributed by atoms with Crippen LogP contribution in [-0.4, -0.2) is 58.5 Å². The minimum atomic E-state index is -0.0934. The number of hydrogen-bond acceptors (Lipinski definition) is 6. The normalized spacial score (nSPS) is 32.0. The molecule has 0 aromatic heterocycles. The number of benzene rings is 2. The van der Waals surface area contributed by atoms with Gasteiger partial charge in [0.1, 0.15) is 29.5 Å². The minimum absolute atomic E-state index is 0.0102. The molecule has 10 aliphatic rings. The molecule has 1 saturated carbocycles. The van der Waals surface area contributed by atoms with Crippen molar-refractivity contribution < 1.29 is 23.3 Å². The Hall–Kier alpha value is -6.41. The first-order valence-corrected chi connectivity index (χ1v) is 30.3. The van der Waals surface area contributed by atoms with E-state index in [2.05, 4.69) is 175 Å². The fourth-order valence-electron chi connectivity index (χ4n) is 14.3. The average Bonchev–Trinajstić information content (AvgIpc) is 3.51. The van der Waals surface area contributed by atoms with E-state index in [0.29, 0.717) is 18.3 Å². The Morgan fingerprint density at radius 2 is 1.23 bits per heavy atom. The summed E-state index contributed by atoms with van der Waals surface area (Å²) in [7, 11) is 0. The molecular formula is C72H81FN2O4. The van der Waals surface area contributed by atoms with E-state index in [-0.39, 0.29) is 66.4 Å². The highest BCUT2D eigenvalue weighted by Gasteiger charge is 2.43. The molecule has 2 aromatic rings. The molecule has 0 saturated heterocycles. The maximum Gasteiger partial charge on any atom is 0.123 e. The summed E-state index contributed by atoms with van der Waals surface area (Å²) in [4.78, 5) is 5.40. The number of halogens is 1. The van der Waals surface area contributed by atoms with Crippen LogP contribution >= 0.6 is 0 Å². The molecule has 2 aromatic carbocycles. The zero-order chi connectivity index (χ0) is 53.3. The molecule has 0 amide bonds. The Kier molecular flexibility index (Phi) is 17.1. The van der Waals surface area contributed by atoms with Crippen LogP contribution in [0.4, 0.5) is 4.39 Å². The molecule has 0 spiro atoms. The maximum absolute atomic E-state index is 15.9. The third kappa shape index (κ3) is 12.8. The van der Waals surface area contributed by atoms with Crippen LogP contribution in [0.5, 0.6) is 11.5 Å². The van der Waals surface area contributed by atoms with Gasteiger partial charge < -0.3 is 28.7 Å². The van der Waals surface area contributed by atoms with Crippen molar-refractivity contribution >= 4 is 0 Å². The van der Waals surface area contributed by atoms with E-state index in [9.17, 15) is 0 Å². The Labute approximate surface area is 470 Å². The molecule has 0 bridgehead atoms. The summed E-state index contributed by atoms with van der Waals surface area (Å²) < 4.78 is 42.8. The first kappa shape index (κ1) is 53.2. The van der Waals surface area contributed by atoms with Crippen molar-refractivity contribution in [2.45, 2.75) is 165 Å². The van der Waals surface area contributed by atoms with E-state index < -0.39 is 0 Å². The molecule has 6 nitrogen and oxygen atoms in total. The molecule has 12 unspecified atom stereocenters. The average molecular weight is 1060 g/mol. The quantitative estimate of drug-likeness (QED) is 0.147. The topological polar surface area (TPSA) is 43.4 Å². The predicted octanol–water partition coefficient (Wildman–Crippen LogP) is 17.0. The van der Waals surface area contributed by atoms with Crippen molar-refractivity contribution in [2.75, 3.05) is 0 Å². The summed E-state index contributed by atoms with van der Waals surface area (Å²) in [5, 5.41) is 0. The Morgan fingerprint density at radius 3 is 1.96 bits per heavy atom.